The number of thiophene rings is 1. The van der Waals surface area contributed by atoms with Gasteiger partial charge in [-0.2, -0.15) is 11.3 Å². The highest BCUT2D eigenvalue weighted by molar-refractivity contribution is 7.08. The molecule has 2 unspecified atom stereocenters. The summed E-state index contributed by atoms with van der Waals surface area (Å²) in [5.74, 6) is -3.94. The van der Waals surface area contributed by atoms with E-state index in [1.54, 1.807) is 49.4 Å². The number of methoxy groups -OCH3 is 1. The fraction of sp³-hybridized carbons (Fsp3) is 0.333. The van der Waals surface area contributed by atoms with Crippen LogP contribution >= 0.6 is 11.3 Å². The van der Waals surface area contributed by atoms with E-state index in [9.17, 15) is 14.4 Å². The summed E-state index contributed by atoms with van der Waals surface area (Å²) in [4.78, 5) is 45.8. The van der Waals surface area contributed by atoms with Gasteiger partial charge in [0, 0.05) is 29.4 Å². The highest BCUT2D eigenvalue weighted by Crippen LogP contribution is 2.38. The molecule has 0 bridgehead atoms. The van der Waals surface area contributed by atoms with Gasteiger partial charge in [0.25, 0.3) is 5.91 Å². The molecule has 0 aliphatic carbocycles. The maximum atomic E-state index is 13.6. The number of anilines is 1. The largest absolute Gasteiger partial charge is 0.481 e. The van der Waals surface area contributed by atoms with Crippen LogP contribution in [0.15, 0.2) is 59.4 Å². The SMILES string of the molecule is COc1ccc(C(=O)C2C(=O)C(=O)N(c3ccc(-c4ccsc4)cc3)C2C2COC(C)(C)OC2)cn1. The molecule has 0 N–H and O–H groups in total. The van der Waals surface area contributed by atoms with Crippen molar-refractivity contribution in [1.29, 1.82) is 0 Å². The molecule has 0 saturated carbocycles. The van der Waals surface area contributed by atoms with E-state index in [-0.39, 0.29) is 24.7 Å². The molecule has 3 aromatic rings. The molecule has 2 aromatic heterocycles. The zero-order valence-corrected chi connectivity index (χ0v) is 21.0. The van der Waals surface area contributed by atoms with E-state index < -0.39 is 35.2 Å². The zero-order chi connectivity index (χ0) is 25.4. The molecule has 1 amide bonds. The number of nitrogens with zero attached hydrogens (tertiary/aromatic N) is 2. The van der Waals surface area contributed by atoms with Crippen LogP contribution in [0.2, 0.25) is 0 Å². The minimum absolute atomic E-state index is 0.236. The molecular formula is C27H26N2O6S. The monoisotopic (exact) mass is 506 g/mol. The molecule has 4 heterocycles. The molecule has 2 aliphatic rings. The number of carbonyl (C=O) groups excluding carboxylic acids is 3. The van der Waals surface area contributed by atoms with Crippen LogP contribution in [0.1, 0.15) is 24.2 Å². The lowest BCUT2D eigenvalue weighted by Crippen LogP contribution is -2.51. The first kappa shape index (κ1) is 24.3. The Morgan fingerprint density at radius 3 is 2.36 bits per heavy atom. The Kier molecular flexibility index (Phi) is 6.46. The molecular weight excluding hydrogens is 480 g/mol. The number of hydrogen-bond donors (Lipinski definition) is 0. The number of ether oxygens (including phenoxy) is 3. The minimum Gasteiger partial charge on any atom is -0.481 e. The third-order valence-electron chi connectivity index (χ3n) is 6.64. The second-order valence-corrected chi connectivity index (χ2v) is 10.1. The standard InChI is InChI=1S/C27H26N2O6S/c1-27(2)34-13-19(14-35-27)23-22(24(30)17-6-9-21(33-3)28-12-17)25(31)26(32)29(23)20-7-4-16(5-8-20)18-10-11-36-15-18/h4-12,15,19,22-23H,13-14H2,1-3H3. The summed E-state index contributed by atoms with van der Waals surface area (Å²) in [7, 11) is 1.48. The lowest BCUT2D eigenvalue weighted by Gasteiger charge is -2.40. The van der Waals surface area contributed by atoms with Crippen LogP contribution in [0.25, 0.3) is 11.1 Å². The van der Waals surface area contributed by atoms with Crippen molar-refractivity contribution < 1.29 is 28.6 Å². The molecule has 36 heavy (non-hydrogen) atoms. The number of pyridine rings is 1. The van der Waals surface area contributed by atoms with Crippen molar-refractivity contribution in [2.75, 3.05) is 25.2 Å². The number of carbonyl (C=O) groups is 3. The van der Waals surface area contributed by atoms with Crippen molar-refractivity contribution in [2.45, 2.75) is 25.7 Å². The van der Waals surface area contributed by atoms with E-state index in [0.717, 1.165) is 11.1 Å². The van der Waals surface area contributed by atoms with Crippen LogP contribution in [0.4, 0.5) is 5.69 Å². The van der Waals surface area contributed by atoms with Gasteiger partial charge in [0.05, 0.1) is 26.4 Å². The van der Waals surface area contributed by atoms with Gasteiger partial charge in [-0.05, 0) is 60.0 Å². The highest BCUT2D eigenvalue weighted by Gasteiger charge is 2.55. The molecule has 8 nitrogen and oxygen atoms in total. The van der Waals surface area contributed by atoms with Crippen LogP contribution in [0.3, 0.4) is 0 Å². The molecule has 0 spiro atoms. The Labute approximate surface area is 212 Å². The first-order valence-corrected chi connectivity index (χ1v) is 12.6. The summed E-state index contributed by atoms with van der Waals surface area (Å²) in [6.45, 7) is 4.10. The third-order valence-corrected chi connectivity index (χ3v) is 7.32. The number of Topliss-reactive ketones (excluding diaryl/α,β-unsaturated/α-hetero) is 2. The Bertz CT molecular complexity index is 1260. The van der Waals surface area contributed by atoms with Crippen LogP contribution in [0, 0.1) is 11.8 Å². The Morgan fingerprint density at radius 2 is 1.78 bits per heavy atom. The zero-order valence-electron chi connectivity index (χ0n) is 20.2. The van der Waals surface area contributed by atoms with Gasteiger partial charge in [-0.3, -0.25) is 14.4 Å². The van der Waals surface area contributed by atoms with E-state index in [4.69, 9.17) is 14.2 Å². The van der Waals surface area contributed by atoms with Gasteiger partial charge >= 0.3 is 0 Å². The number of rotatable bonds is 6. The third kappa shape index (κ3) is 4.45. The van der Waals surface area contributed by atoms with Crippen LogP contribution in [0.5, 0.6) is 5.88 Å². The number of ketones is 2. The van der Waals surface area contributed by atoms with Gasteiger partial charge in [-0.25, -0.2) is 4.98 Å². The quantitative estimate of drug-likeness (QED) is 0.283. The summed E-state index contributed by atoms with van der Waals surface area (Å²) in [5.41, 5.74) is 2.85. The molecule has 2 aliphatic heterocycles. The summed E-state index contributed by atoms with van der Waals surface area (Å²) in [6.07, 6.45) is 1.37. The van der Waals surface area contributed by atoms with Crippen molar-refractivity contribution >= 4 is 34.5 Å². The maximum Gasteiger partial charge on any atom is 0.295 e. The number of benzene rings is 1. The lowest BCUT2D eigenvalue weighted by atomic mass is 9.83. The molecule has 5 rings (SSSR count). The highest BCUT2D eigenvalue weighted by atomic mass is 32.1. The van der Waals surface area contributed by atoms with Gasteiger partial charge in [-0.1, -0.05) is 12.1 Å². The van der Waals surface area contributed by atoms with E-state index >= 15 is 0 Å². The predicted octanol–water partition coefficient (Wildman–Crippen LogP) is 4.00. The topological polar surface area (TPSA) is 95.0 Å². The van der Waals surface area contributed by atoms with Crippen molar-refractivity contribution in [2.24, 2.45) is 11.8 Å². The first-order valence-electron chi connectivity index (χ1n) is 11.6. The second kappa shape index (κ2) is 9.57. The summed E-state index contributed by atoms with van der Waals surface area (Å²) < 4.78 is 16.8. The molecule has 0 radical (unpaired) electrons. The molecule has 186 valence electrons. The molecule has 9 heteroatoms. The molecule has 2 atom stereocenters. The van der Waals surface area contributed by atoms with Crippen molar-refractivity contribution in [3.63, 3.8) is 0 Å². The summed E-state index contributed by atoms with van der Waals surface area (Å²) >= 11 is 1.60. The van der Waals surface area contributed by atoms with Gasteiger partial charge in [0.2, 0.25) is 11.7 Å². The van der Waals surface area contributed by atoms with Gasteiger partial charge in [0.1, 0.15) is 5.92 Å². The van der Waals surface area contributed by atoms with E-state index in [1.165, 1.54) is 18.2 Å². The van der Waals surface area contributed by atoms with E-state index in [1.807, 2.05) is 29.0 Å². The van der Waals surface area contributed by atoms with Crippen molar-refractivity contribution in [1.82, 2.24) is 4.98 Å². The lowest BCUT2D eigenvalue weighted by molar-refractivity contribution is -0.264. The van der Waals surface area contributed by atoms with E-state index in [0.29, 0.717) is 11.6 Å². The van der Waals surface area contributed by atoms with Crippen LogP contribution in [-0.4, -0.2) is 54.6 Å². The Balaban J connectivity index is 1.52. The average Bonchev–Trinajstić information content (AvgIpc) is 3.51. The summed E-state index contributed by atoms with van der Waals surface area (Å²) in [6, 6.07) is 11.8. The minimum atomic E-state index is -1.21. The van der Waals surface area contributed by atoms with Gasteiger partial charge in [0.15, 0.2) is 11.6 Å². The fourth-order valence-electron chi connectivity index (χ4n) is 4.71. The van der Waals surface area contributed by atoms with Crippen molar-refractivity contribution in [3.8, 4) is 17.0 Å². The molecule has 1 aromatic carbocycles. The molecule has 2 fully saturated rings. The first-order chi connectivity index (χ1) is 17.3. The smallest absolute Gasteiger partial charge is 0.295 e. The van der Waals surface area contributed by atoms with E-state index in [2.05, 4.69) is 4.98 Å². The normalized spacial score (nSPS) is 22.1. The predicted molar refractivity (Wildman–Crippen MR) is 134 cm³/mol. The second-order valence-electron chi connectivity index (χ2n) is 9.30. The number of amides is 1. The molecule has 2 saturated heterocycles. The average molecular weight is 507 g/mol. The fourth-order valence-corrected chi connectivity index (χ4v) is 5.37. The Hall–Kier alpha value is -3.40. The summed E-state index contributed by atoms with van der Waals surface area (Å²) in [5, 5.41) is 4.04. The van der Waals surface area contributed by atoms with Crippen LogP contribution < -0.4 is 9.64 Å². The van der Waals surface area contributed by atoms with Crippen LogP contribution in [-0.2, 0) is 19.1 Å². The van der Waals surface area contributed by atoms with Gasteiger partial charge < -0.3 is 19.1 Å². The van der Waals surface area contributed by atoms with Crippen molar-refractivity contribution in [3.05, 3.63) is 65.0 Å². The number of aromatic nitrogens is 1. The Morgan fingerprint density at radius 1 is 1.06 bits per heavy atom. The van der Waals surface area contributed by atoms with Gasteiger partial charge in [-0.15, -0.1) is 0 Å². The maximum absolute atomic E-state index is 13.6. The number of hydrogen-bond acceptors (Lipinski definition) is 8.